The van der Waals surface area contributed by atoms with E-state index in [1.807, 2.05) is 36.7 Å². The summed E-state index contributed by atoms with van der Waals surface area (Å²) in [6.07, 6.45) is 7.95. The van der Waals surface area contributed by atoms with Gasteiger partial charge in [0.15, 0.2) is 0 Å². The molecule has 132 valence electrons. The van der Waals surface area contributed by atoms with Crippen molar-refractivity contribution in [3.05, 3.63) is 70.2 Å². The molecule has 6 heteroatoms. The van der Waals surface area contributed by atoms with Crippen molar-refractivity contribution in [2.75, 3.05) is 16.8 Å². The van der Waals surface area contributed by atoms with Gasteiger partial charge in [-0.3, -0.25) is 9.48 Å². The number of rotatable bonds is 4. The fraction of sp³-hybridized carbons (Fsp3) is 0.200. The van der Waals surface area contributed by atoms with Gasteiger partial charge >= 0.3 is 0 Å². The average molecular weight is 364 g/mol. The highest BCUT2D eigenvalue weighted by Gasteiger charge is 2.17. The number of benzene rings is 1. The van der Waals surface area contributed by atoms with Crippen LogP contribution >= 0.6 is 11.3 Å². The van der Waals surface area contributed by atoms with Gasteiger partial charge in [0.05, 0.1) is 6.20 Å². The van der Waals surface area contributed by atoms with Crippen LogP contribution in [0.2, 0.25) is 0 Å². The van der Waals surface area contributed by atoms with Crippen molar-refractivity contribution in [2.24, 2.45) is 7.05 Å². The summed E-state index contributed by atoms with van der Waals surface area (Å²) < 4.78 is 1.70. The fourth-order valence-corrected chi connectivity index (χ4v) is 4.00. The van der Waals surface area contributed by atoms with Crippen LogP contribution in [-0.2, 0) is 24.8 Å². The van der Waals surface area contributed by atoms with Crippen molar-refractivity contribution in [2.45, 2.75) is 13.0 Å². The van der Waals surface area contributed by atoms with Gasteiger partial charge in [-0.25, -0.2) is 0 Å². The van der Waals surface area contributed by atoms with Gasteiger partial charge in [-0.15, -0.1) is 11.3 Å². The topological polar surface area (TPSA) is 50.2 Å². The van der Waals surface area contributed by atoms with Crippen LogP contribution in [0, 0.1) is 0 Å². The molecule has 26 heavy (non-hydrogen) atoms. The van der Waals surface area contributed by atoms with E-state index >= 15 is 0 Å². The third kappa shape index (κ3) is 3.70. The molecule has 1 aromatic carbocycles. The molecule has 0 saturated carbocycles. The molecule has 2 aromatic heterocycles. The number of carbonyl (C=O) groups is 1. The van der Waals surface area contributed by atoms with Crippen LogP contribution in [0.15, 0.2) is 54.2 Å². The molecule has 0 radical (unpaired) electrons. The Morgan fingerprint density at radius 3 is 2.88 bits per heavy atom. The van der Waals surface area contributed by atoms with Crippen molar-refractivity contribution in [1.29, 1.82) is 0 Å². The SMILES string of the molecule is Cn1cc(/C=C/C(=O)Nc2ccc(N3CCc4sccc4C3)cc2)cn1. The van der Waals surface area contributed by atoms with E-state index in [1.165, 1.54) is 22.2 Å². The summed E-state index contributed by atoms with van der Waals surface area (Å²) in [4.78, 5) is 15.9. The second-order valence-electron chi connectivity index (χ2n) is 6.36. The number of hydrogen-bond acceptors (Lipinski definition) is 4. The molecule has 4 rings (SSSR count). The first-order valence-electron chi connectivity index (χ1n) is 8.55. The molecule has 0 spiro atoms. The van der Waals surface area contributed by atoms with Crippen molar-refractivity contribution in [3.63, 3.8) is 0 Å². The van der Waals surface area contributed by atoms with E-state index in [1.54, 1.807) is 17.0 Å². The van der Waals surface area contributed by atoms with Crippen LogP contribution in [-0.4, -0.2) is 22.2 Å². The van der Waals surface area contributed by atoms with Gasteiger partial charge in [0, 0.05) is 54.2 Å². The number of amides is 1. The predicted molar refractivity (Wildman–Crippen MR) is 106 cm³/mol. The van der Waals surface area contributed by atoms with Crippen LogP contribution in [0.4, 0.5) is 11.4 Å². The summed E-state index contributed by atoms with van der Waals surface area (Å²) in [6, 6.07) is 10.3. The van der Waals surface area contributed by atoms with Crippen LogP contribution in [0.1, 0.15) is 16.0 Å². The number of anilines is 2. The Bertz CT molecular complexity index is 939. The Morgan fingerprint density at radius 1 is 1.27 bits per heavy atom. The molecule has 0 bridgehead atoms. The molecular formula is C20H20N4OS. The van der Waals surface area contributed by atoms with Gasteiger partial charge in [0.2, 0.25) is 5.91 Å². The number of carbonyl (C=O) groups excluding carboxylic acids is 1. The molecule has 1 aliphatic rings. The van der Waals surface area contributed by atoms with Crippen molar-refractivity contribution < 1.29 is 4.79 Å². The standard InChI is InChI=1S/C20H20N4OS/c1-23-13-15(12-21-23)2-7-20(25)22-17-3-5-18(6-4-17)24-10-8-19-16(14-24)9-11-26-19/h2-7,9,11-13H,8,10,14H2,1H3,(H,22,25)/b7-2+. The van der Waals surface area contributed by atoms with Gasteiger partial charge < -0.3 is 10.2 Å². The summed E-state index contributed by atoms with van der Waals surface area (Å²) in [5.41, 5.74) is 4.31. The van der Waals surface area contributed by atoms with Crippen molar-refractivity contribution in [3.8, 4) is 0 Å². The summed E-state index contributed by atoms with van der Waals surface area (Å²) in [5, 5.41) is 9.14. The van der Waals surface area contributed by atoms with Crippen molar-refractivity contribution in [1.82, 2.24) is 9.78 Å². The fourth-order valence-electron chi connectivity index (χ4n) is 3.11. The van der Waals surface area contributed by atoms with E-state index in [2.05, 4.69) is 38.9 Å². The maximum atomic E-state index is 12.1. The molecule has 0 atom stereocenters. The molecule has 1 aliphatic heterocycles. The van der Waals surface area contributed by atoms with Gasteiger partial charge in [-0.05, 0) is 53.8 Å². The molecule has 1 amide bonds. The number of hydrogen-bond donors (Lipinski definition) is 1. The summed E-state index contributed by atoms with van der Waals surface area (Å²) in [7, 11) is 1.85. The lowest BCUT2D eigenvalue weighted by atomic mass is 10.1. The minimum Gasteiger partial charge on any atom is -0.367 e. The Kier molecular flexibility index (Phi) is 4.58. The second-order valence-corrected chi connectivity index (χ2v) is 7.36. The Morgan fingerprint density at radius 2 is 2.12 bits per heavy atom. The highest BCUT2D eigenvalue weighted by molar-refractivity contribution is 7.10. The molecular weight excluding hydrogens is 344 g/mol. The monoisotopic (exact) mass is 364 g/mol. The number of fused-ring (bicyclic) bond motifs is 1. The molecule has 1 N–H and O–H groups in total. The molecule has 3 aromatic rings. The number of aromatic nitrogens is 2. The predicted octanol–water partition coefficient (Wildman–Crippen LogP) is 3.70. The van der Waals surface area contributed by atoms with Gasteiger partial charge in [-0.2, -0.15) is 5.10 Å². The van der Waals surface area contributed by atoms with E-state index < -0.39 is 0 Å². The highest BCUT2D eigenvalue weighted by atomic mass is 32.1. The lowest BCUT2D eigenvalue weighted by Gasteiger charge is -2.29. The highest BCUT2D eigenvalue weighted by Crippen LogP contribution is 2.28. The van der Waals surface area contributed by atoms with E-state index in [-0.39, 0.29) is 5.91 Å². The maximum Gasteiger partial charge on any atom is 0.248 e. The minimum absolute atomic E-state index is 0.150. The first kappa shape index (κ1) is 16.6. The number of nitrogens with zero attached hydrogens (tertiary/aromatic N) is 3. The molecule has 0 aliphatic carbocycles. The van der Waals surface area contributed by atoms with Crippen molar-refractivity contribution >= 4 is 34.7 Å². The molecule has 0 unspecified atom stereocenters. The molecule has 0 fully saturated rings. The van der Waals surface area contributed by atoms with Gasteiger partial charge in [-0.1, -0.05) is 0 Å². The first-order valence-corrected chi connectivity index (χ1v) is 9.43. The van der Waals surface area contributed by atoms with E-state index in [4.69, 9.17) is 0 Å². The average Bonchev–Trinajstić information content (AvgIpc) is 3.28. The van der Waals surface area contributed by atoms with E-state index in [0.29, 0.717) is 0 Å². The Balaban J connectivity index is 1.37. The number of nitrogens with one attached hydrogen (secondary N) is 1. The van der Waals surface area contributed by atoms with Crippen LogP contribution in [0.5, 0.6) is 0 Å². The zero-order valence-electron chi connectivity index (χ0n) is 14.6. The lowest BCUT2D eigenvalue weighted by molar-refractivity contribution is -0.111. The van der Waals surface area contributed by atoms with E-state index in [9.17, 15) is 4.79 Å². The van der Waals surface area contributed by atoms with Crippen LogP contribution in [0.3, 0.4) is 0 Å². The maximum absolute atomic E-state index is 12.1. The molecule has 3 heterocycles. The molecule has 5 nitrogen and oxygen atoms in total. The second kappa shape index (κ2) is 7.17. The number of aryl methyl sites for hydroxylation is 1. The largest absolute Gasteiger partial charge is 0.367 e. The normalized spacial score (nSPS) is 13.8. The third-order valence-corrected chi connectivity index (χ3v) is 5.48. The number of thiophene rings is 1. The van der Waals surface area contributed by atoms with Gasteiger partial charge in [0.25, 0.3) is 0 Å². The zero-order valence-corrected chi connectivity index (χ0v) is 15.4. The summed E-state index contributed by atoms with van der Waals surface area (Å²) in [5.74, 6) is -0.150. The summed E-state index contributed by atoms with van der Waals surface area (Å²) in [6.45, 7) is 1.99. The third-order valence-electron chi connectivity index (χ3n) is 4.46. The van der Waals surface area contributed by atoms with E-state index in [0.717, 1.165) is 30.8 Å². The zero-order chi connectivity index (χ0) is 17.9. The molecule has 0 saturated heterocycles. The van der Waals surface area contributed by atoms with Gasteiger partial charge in [0.1, 0.15) is 0 Å². The Hall–Kier alpha value is -2.86. The smallest absolute Gasteiger partial charge is 0.248 e. The first-order chi connectivity index (χ1) is 12.7. The summed E-state index contributed by atoms with van der Waals surface area (Å²) >= 11 is 1.85. The Labute approximate surface area is 156 Å². The quantitative estimate of drug-likeness (QED) is 0.718. The van der Waals surface area contributed by atoms with Crippen LogP contribution < -0.4 is 10.2 Å². The lowest BCUT2D eigenvalue weighted by Crippen LogP contribution is -2.29. The minimum atomic E-state index is -0.150. The van der Waals surface area contributed by atoms with Crippen LogP contribution in [0.25, 0.3) is 6.08 Å².